The number of carbonyl (C=O) groups excluding carboxylic acids is 1. The molecule has 98 valence electrons. The van der Waals surface area contributed by atoms with Crippen LogP contribution < -0.4 is 0 Å². The van der Waals surface area contributed by atoms with Crippen molar-refractivity contribution < 1.29 is 9.53 Å². The van der Waals surface area contributed by atoms with Gasteiger partial charge in [-0.1, -0.05) is 0 Å². The molecule has 4 heteroatoms. The molecule has 1 aromatic rings. The Hall–Kier alpha value is -0.320. The van der Waals surface area contributed by atoms with Crippen molar-refractivity contribution in [3.8, 4) is 0 Å². The molecule has 3 rings (SSSR count). The highest BCUT2D eigenvalue weighted by Gasteiger charge is 2.42. The lowest BCUT2D eigenvalue weighted by Gasteiger charge is -2.37. The summed E-state index contributed by atoms with van der Waals surface area (Å²) in [5.74, 6) is 2.77. The summed E-state index contributed by atoms with van der Waals surface area (Å²) < 4.78 is 5.98. The van der Waals surface area contributed by atoms with Gasteiger partial charge < -0.3 is 4.74 Å². The van der Waals surface area contributed by atoms with Crippen molar-refractivity contribution in [2.75, 3.05) is 18.1 Å². The van der Waals surface area contributed by atoms with Crippen molar-refractivity contribution in [3.05, 3.63) is 21.9 Å². The Morgan fingerprint density at radius 3 is 3.06 bits per heavy atom. The first-order valence-electron chi connectivity index (χ1n) is 6.51. The summed E-state index contributed by atoms with van der Waals surface area (Å²) in [6, 6.07) is 4.02. The van der Waals surface area contributed by atoms with Gasteiger partial charge in [-0.3, -0.25) is 4.79 Å². The Morgan fingerprint density at radius 1 is 1.50 bits per heavy atom. The normalized spacial score (nSPS) is 31.9. The van der Waals surface area contributed by atoms with Crippen LogP contribution in [0.25, 0.3) is 0 Å². The number of ketones is 1. The van der Waals surface area contributed by atoms with E-state index in [1.807, 2.05) is 23.9 Å². The van der Waals surface area contributed by atoms with Crippen molar-refractivity contribution in [3.63, 3.8) is 0 Å². The fourth-order valence-corrected chi connectivity index (χ4v) is 5.15. The third-order valence-corrected chi connectivity index (χ3v) is 6.15. The first-order chi connectivity index (χ1) is 8.69. The van der Waals surface area contributed by atoms with Crippen LogP contribution in [-0.2, 0) is 4.74 Å². The van der Waals surface area contributed by atoms with E-state index in [4.69, 9.17) is 4.74 Å². The number of Topliss-reactive ketones (excluding diaryl/α,β-unsaturated/α-hetero) is 1. The van der Waals surface area contributed by atoms with E-state index in [-0.39, 0.29) is 11.5 Å². The van der Waals surface area contributed by atoms with Crippen molar-refractivity contribution in [1.29, 1.82) is 0 Å². The van der Waals surface area contributed by atoms with Crippen LogP contribution in [0.1, 0.15) is 33.8 Å². The SMILES string of the molecule is Cc1ccc(C(=O)C2CCOC3(CCSC3)C2)s1. The molecular formula is C14H18O2S2. The lowest BCUT2D eigenvalue weighted by Crippen LogP contribution is -2.41. The number of rotatable bonds is 2. The smallest absolute Gasteiger partial charge is 0.176 e. The lowest BCUT2D eigenvalue weighted by molar-refractivity contribution is -0.0734. The van der Waals surface area contributed by atoms with Gasteiger partial charge in [0.1, 0.15) is 0 Å². The van der Waals surface area contributed by atoms with Gasteiger partial charge in [-0.05, 0) is 44.1 Å². The Labute approximate surface area is 116 Å². The van der Waals surface area contributed by atoms with Gasteiger partial charge in [-0.15, -0.1) is 11.3 Å². The zero-order chi connectivity index (χ0) is 12.6. The number of carbonyl (C=O) groups is 1. The van der Waals surface area contributed by atoms with Crippen molar-refractivity contribution >= 4 is 28.9 Å². The molecule has 18 heavy (non-hydrogen) atoms. The van der Waals surface area contributed by atoms with E-state index in [2.05, 4.69) is 6.92 Å². The van der Waals surface area contributed by atoms with Crippen molar-refractivity contribution in [2.45, 2.75) is 31.8 Å². The summed E-state index contributed by atoms with van der Waals surface area (Å²) in [4.78, 5) is 14.7. The van der Waals surface area contributed by atoms with Crippen LogP contribution in [0.2, 0.25) is 0 Å². The second kappa shape index (κ2) is 4.99. The predicted molar refractivity (Wildman–Crippen MR) is 76.7 cm³/mol. The minimum absolute atomic E-state index is 0.00947. The van der Waals surface area contributed by atoms with Gasteiger partial charge in [0.15, 0.2) is 5.78 Å². The van der Waals surface area contributed by atoms with Crippen LogP contribution >= 0.6 is 23.1 Å². The van der Waals surface area contributed by atoms with Crippen molar-refractivity contribution in [2.24, 2.45) is 5.92 Å². The molecule has 0 aliphatic carbocycles. The van der Waals surface area contributed by atoms with E-state index in [9.17, 15) is 4.79 Å². The van der Waals surface area contributed by atoms with Gasteiger partial charge in [-0.2, -0.15) is 11.8 Å². The maximum Gasteiger partial charge on any atom is 0.176 e. The highest BCUT2D eigenvalue weighted by molar-refractivity contribution is 7.99. The molecule has 0 saturated carbocycles. The van der Waals surface area contributed by atoms with Crippen LogP contribution in [0.5, 0.6) is 0 Å². The van der Waals surface area contributed by atoms with Crippen molar-refractivity contribution in [1.82, 2.24) is 0 Å². The molecule has 2 aliphatic heterocycles. The summed E-state index contributed by atoms with van der Waals surface area (Å²) >= 11 is 3.58. The van der Waals surface area contributed by atoms with Crippen LogP contribution in [0, 0.1) is 12.8 Å². The van der Waals surface area contributed by atoms with Gasteiger partial charge in [0.25, 0.3) is 0 Å². The average molecular weight is 282 g/mol. The molecule has 3 heterocycles. The molecule has 2 aliphatic rings. The molecule has 0 aromatic carbocycles. The predicted octanol–water partition coefficient (Wildman–Crippen LogP) is 3.54. The Bertz CT molecular complexity index is 446. The van der Waals surface area contributed by atoms with Gasteiger partial charge in [0.2, 0.25) is 0 Å². The zero-order valence-corrected chi connectivity index (χ0v) is 12.2. The molecule has 1 aromatic heterocycles. The minimum atomic E-state index is 0.00947. The van der Waals surface area contributed by atoms with Gasteiger partial charge >= 0.3 is 0 Å². The molecule has 0 amide bonds. The molecule has 0 radical (unpaired) electrons. The quantitative estimate of drug-likeness (QED) is 0.776. The second-order valence-electron chi connectivity index (χ2n) is 5.30. The first-order valence-corrected chi connectivity index (χ1v) is 8.48. The molecule has 1 spiro atoms. The summed E-state index contributed by atoms with van der Waals surface area (Å²) in [6.45, 7) is 2.81. The van der Waals surface area contributed by atoms with E-state index in [1.54, 1.807) is 11.3 Å². The van der Waals surface area contributed by atoms with Gasteiger partial charge in [0, 0.05) is 23.2 Å². The van der Waals surface area contributed by atoms with Crippen LogP contribution in [0.4, 0.5) is 0 Å². The van der Waals surface area contributed by atoms with E-state index < -0.39 is 0 Å². The lowest BCUT2D eigenvalue weighted by atomic mass is 9.82. The van der Waals surface area contributed by atoms with E-state index in [1.165, 1.54) is 10.6 Å². The topological polar surface area (TPSA) is 26.3 Å². The molecule has 2 fully saturated rings. The summed E-state index contributed by atoms with van der Waals surface area (Å²) in [5.41, 5.74) is 0.00947. The van der Waals surface area contributed by atoms with Crippen LogP contribution in [-0.4, -0.2) is 29.5 Å². The number of aryl methyl sites for hydroxylation is 1. The van der Waals surface area contributed by atoms with E-state index in [0.717, 1.165) is 36.5 Å². The molecule has 0 bridgehead atoms. The number of thiophene rings is 1. The molecule has 2 nitrogen and oxygen atoms in total. The molecular weight excluding hydrogens is 264 g/mol. The monoisotopic (exact) mass is 282 g/mol. The minimum Gasteiger partial charge on any atom is -0.374 e. The second-order valence-corrected chi connectivity index (χ2v) is 7.69. The third-order valence-electron chi connectivity index (χ3n) is 3.91. The molecule has 2 saturated heterocycles. The number of ether oxygens (including phenoxy) is 1. The number of hydrogen-bond donors (Lipinski definition) is 0. The molecule has 2 atom stereocenters. The largest absolute Gasteiger partial charge is 0.374 e. The summed E-state index contributed by atoms with van der Waals surface area (Å²) in [6.07, 6.45) is 2.93. The van der Waals surface area contributed by atoms with Crippen LogP contribution in [0.15, 0.2) is 12.1 Å². The van der Waals surface area contributed by atoms with Gasteiger partial charge in [0.05, 0.1) is 10.5 Å². The average Bonchev–Trinajstić information content (AvgIpc) is 2.98. The standard InChI is InChI=1S/C14H18O2S2/c1-10-2-3-12(18-10)13(15)11-4-6-16-14(8-11)5-7-17-9-14/h2-3,11H,4-9H2,1H3. The Kier molecular flexibility index (Phi) is 3.52. The van der Waals surface area contributed by atoms with Gasteiger partial charge in [-0.25, -0.2) is 0 Å². The maximum atomic E-state index is 12.5. The molecule has 2 unspecified atom stereocenters. The Balaban J connectivity index is 1.74. The van der Waals surface area contributed by atoms with E-state index in [0.29, 0.717) is 5.78 Å². The van der Waals surface area contributed by atoms with E-state index >= 15 is 0 Å². The van der Waals surface area contributed by atoms with Crippen LogP contribution in [0.3, 0.4) is 0 Å². The summed E-state index contributed by atoms with van der Waals surface area (Å²) in [5, 5.41) is 0. The Morgan fingerprint density at radius 2 is 2.39 bits per heavy atom. The summed E-state index contributed by atoms with van der Waals surface area (Å²) in [7, 11) is 0. The first kappa shape index (κ1) is 12.7. The maximum absolute atomic E-state index is 12.5. The fraction of sp³-hybridized carbons (Fsp3) is 0.643. The number of hydrogen-bond acceptors (Lipinski definition) is 4. The zero-order valence-electron chi connectivity index (χ0n) is 10.6. The third kappa shape index (κ3) is 2.38. The molecule has 0 N–H and O–H groups in total. The number of thioether (sulfide) groups is 1. The fourth-order valence-electron chi connectivity index (χ4n) is 2.88. The highest BCUT2D eigenvalue weighted by atomic mass is 32.2. The highest BCUT2D eigenvalue weighted by Crippen LogP contribution is 2.41.